The van der Waals surface area contributed by atoms with Gasteiger partial charge in [0.2, 0.25) is 0 Å². The summed E-state index contributed by atoms with van der Waals surface area (Å²) in [5.74, 6) is 0. The molecule has 0 aliphatic heterocycles. The SMILES string of the molecule is CC(C)=CCCC(C)=CC=CC(C)=CC=CC(C)=CC=CC=C(C)C=CC=C(C)/C=C/C=C(\C)CCC=C(C)C. The molecule has 0 radical (unpaired) electrons. The number of rotatable bonds is 16. The molecule has 0 rings (SSSR count). The molecule has 0 bridgehead atoms. The standard InChI is InChI=1S/C40H56/c1-33(2)19-13-23-37(7)27-17-31-39(9)29-15-25-35(5)21-11-12-22-36(6)26-16-30-40(10)32-18-28-38(8)24-14-20-34(3)4/h11-12,15-22,25-32H,13-14,23-24H2,1-10H3/b12-11?,25-15?,26-16?,31-17+,32-18?,35-21?,36-22?,37-27+,38-28?,39-29?,40-30?. The van der Waals surface area contributed by atoms with Crippen LogP contribution in [0.15, 0.2) is 154 Å². The summed E-state index contributed by atoms with van der Waals surface area (Å²) in [6, 6.07) is 0. The van der Waals surface area contributed by atoms with Gasteiger partial charge in [-0.05, 0) is 94.9 Å². The fourth-order valence-electron chi connectivity index (χ4n) is 3.41. The predicted octanol–water partition coefficient (Wildman–Crippen LogP) is 12.9. The Morgan fingerprint density at radius 2 is 0.625 bits per heavy atom. The lowest BCUT2D eigenvalue weighted by Crippen LogP contribution is -1.76. The van der Waals surface area contributed by atoms with E-state index in [0.717, 1.165) is 25.7 Å². The Hall–Kier alpha value is -3.38. The summed E-state index contributed by atoms with van der Waals surface area (Å²) in [5.41, 5.74) is 10.5. The molecular weight excluding hydrogens is 480 g/mol. The maximum atomic E-state index is 2.30. The summed E-state index contributed by atoms with van der Waals surface area (Å²) in [5, 5.41) is 0. The second-order valence-corrected chi connectivity index (χ2v) is 11.1. The van der Waals surface area contributed by atoms with E-state index >= 15 is 0 Å². The van der Waals surface area contributed by atoms with Gasteiger partial charge in [-0.25, -0.2) is 0 Å². The number of allylic oxidation sites excluding steroid dienone is 26. The van der Waals surface area contributed by atoms with E-state index in [2.05, 4.69) is 179 Å². The predicted molar refractivity (Wildman–Crippen MR) is 186 cm³/mol. The van der Waals surface area contributed by atoms with Gasteiger partial charge in [-0.15, -0.1) is 0 Å². The van der Waals surface area contributed by atoms with Crippen LogP contribution in [0.5, 0.6) is 0 Å². The molecule has 0 saturated heterocycles. The normalized spacial score (nSPS) is 15.1. The van der Waals surface area contributed by atoms with E-state index < -0.39 is 0 Å². The van der Waals surface area contributed by atoms with Crippen molar-refractivity contribution in [2.75, 3.05) is 0 Å². The van der Waals surface area contributed by atoms with Crippen molar-refractivity contribution >= 4 is 0 Å². The second-order valence-electron chi connectivity index (χ2n) is 11.1. The zero-order chi connectivity index (χ0) is 30.2. The Morgan fingerprint density at radius 1 is 0.350 bits per heavy atom. The average molecular weight is 537 g/mol. The van der Waals surface area contributed by atoms with Crippen molar-refractivity contribution in [2.24, 2.45) is 0 Å². The largest absolute Gasteiger partial charge is 0.0856 e. The maximum Gasteiger partial charge on any atom is -0.0285 e. The lowest BCUT2D eigenvalue weighted by molar-refractivity contribution is 0.967. The van der Waals surface area contributed by atoms with E-state index in [1.807, 2.05) is 0 Å². The van der Waals surface area contributed by atoms with Crippen molar-refractivity contribution in [3.63, 3.8) is 0 Å². The van der Waals surface area contributed by atoms with Gasteiger partial charge in [0.25, 0.3) is 0 Å². The molecule has 216 valence electrons. The first-order valence-electron chi connectivity index (χ1n) is 14.7. The van der Waals surface area contributed by atoms with E-state index in [-0.39, 0.29) is 0 Å². The minimum Gasteiger partial charge on any atom is -0.0856 e. The summed E-state index contributed by atoms with van der Waals surface area (Å²) < 4.78 is 0. The number of hydrogen-bond donors (Lipinski definition) is 0. The highest BCUT2D eigenvalue weighted by Crippen LogP contribution is 2.09. The average Bonchev–Trinajstić information content (AvgIpc) is 2.86. The third kappa shape index (κ3) is 24.9. The minimum atomic E-state index is 1.12. The van der Waals surface area contributed by atoms with Gasteiger partial charge in [0.15, 0.2) is 0 Å². The van der Waals surface area contributed by atoms with Gasteiger partial charge in [-0.1, -0.05) is 154 Å². The molecule has 0 aromatic heterocycles. The minimum absolute atomic E-state index is 1.12. The smallest absolute Gasteiger partial charge is 0.0285 e. The molecule has 0 aromatic carbocycles. The molecule has 0 heteroatoms. The molecular formula is C40H56. The summed E-state index contributed by atoms with van der Waals surface area (Å²) in [6.07, 6.45) is 43.3. The Balaban J connectivity index is 4.70. The van der Waals surface area contributed by atoms with Gasteiger partial charge in [0.1, 0.15) is 0 Å². The van der Waals surface area contributed by atoms with E-state index in [9.17, 15) is 0 Å². The second kappa shape index (κ2) is 23.5. The first-order valence-corrected chi connectivity index (χ1v) is 14.7. The third-order valence-electron chi connectivity index (χ3n) is 5.93. The highest BCUT2D eigenvalue weighted by molar-refractivity contribution is 5.32. The fourth-order valence-corrected chi connectivity index (χ4v) is 3.41. The van der Waals surface area contributed by atoms with Crippen LogP contribution < -0.4 is 0 Å². The summed E-state index contributed by atoms with van der Waals surface area (Å²) in [6.45, 7) is 21.5. The maximum absolute atomic E-state index is 2.30. The molecule has 0 amide bonds. The Bertz CT molecular complexity index is 1050. The van der Waals surface area contributed by atoms with Gasteiger partial charge in [-0.2, -0.15) is 0 Å². The van der Waals surface area contributed by atoms with Crippen LogP contribution in [0, 0.1) is 0 Å². The van der Waals surface area contributed by atoms with Crippen LogP contribution in [-0.4, -0.2) is 0 Å². The highest BCUT2D eigenvalue weighted by atomic mass is 13.9. The van der Waals surface area contributed by atoms with E-state index in [1.54, 1.807) is 0 Å². The van der Waals surface area contributed by atoms with Crippen LogP contribution in [0.2, 0.25) is 0 Å². The van der Waals surface area contributed by atoms with Crippen molar-refractivity contribution in [1.29, 1.82) is 0 Å². The van der Waals surface area contributed by atoms with Crippen LogP contribution >= 0.6 is 0 Å². The van der Waals surface area contributed by atoms with Crippen LogP contribution in [-0.2, 0) is 0 Å². The van der Waals surface area contributed by atoms with Crippen molar-refractivity contribution in [2.45, 2.75) is 94.9 Å². The molecule has 0 spiro atoms. The van der Waals surface area contributed by atoms with Crippen LogP contribution in [0.3, 0.4) is 0 Å². The summed E-state index contributed by atoms with van der Waals surface area (Å²) in [4.78, 5) is 0. The van der Waals surface area contributed by atoms with Crippen molar-refractivity contribution < 1.29 is 0 Å². The topological polar surface area (TPSA) is 0 Å². The molecule has 40 heavy (non-hydrogen) atoms. The lowest BCUT2D eigenvalue weighted by atomic mass is 10.1. The Morgan fingerprint density at radius 3 is 0.925 bits per heavy atom. The molecule has 0 aliphatic rings. The first-order chi connectivity index (χ1) is 19.0. The van der Waals surface area contributed by atoms with Gasteiger partial charge in [-0.3, -0.25) is 0 Å². The molecule has 0 atom stereocenters. The quantitative estimate of drug-likeness (QED) is 0.136. The van der Waals surface area contributed by atoms with E-state index in [1.165, 1.54) is 44.6 Å². The van der Waals surface area contributed by atoms with E-state index in [4.69, 9.17) is 0 Å². The molecule has 0 fully saturated rings. The van der Waals surface area contributed by atoms with Gasteiger partial charge < -0.3 is 0 Å². The Kier molecular flexibility index (Phi) is 21.5. The molecule has 0 unspecified atom stereocenters. The third-order valence-corrected chi connectivity index (χ3v) is 5.93. The zero-order valence-electron chi connectivity index (χ0n) is 27.2. The lowest BCUT2D eigenvalue weighted by Gasteiger charge is -1.96. The van der Waals surface area contributed by atoms with Gasteiger partial charge in [0, 0.05) is 0 Å². The van der Waals surface area contributed by atoms with Gasteiger partial charge >= 0.3 is 0 Å². The summed E-state index contributed by atoms with van der Waals surface area (Å²) >= 11 is 0. The number of hydrogen-bond acceptors (Lipinski definition) is 0. The fraction of sp³-hybridized carbons (Fsp3) is 0.350. The van der Waals surface area contributed by atoms with Crippen molar-refractivity contribution in [3.05, 3.63) is 154 Å². The van der Waals surface area contributed by atoms with Gasteiger partial charge in [0.05, 0.1) is 0 Å². The molecule has 0 aromatic rings. The van der Waals surface area contributed by atoms with Crippen LogP contribution in [0.25, 0.3) is 0 Å². The Labute approximate surface area is 248 Å². The molecule has 0 nitrogen and oxygen atoms in total. The summed E-state index contributed by atoms with van der Waals surface area (Å²) in [7, 11) is 0. The molecule has 0 saturated carbocycles. The first kappa shape index (κ1) is 36.6. The van der Waals surface area contributed by atoms with E-state index in [0.29, 0.717) is 0 Å². The molecule has 0 aliphatic carbocycles. The highest BCUT2D eigenvalue weighted by Gasteiger charge is 1.88. The van der Waals surface area contributed by atoms with Crippen LogP contribution in [0.1, 0.15) is 94.9 Å². The molecule has 0 N–H and O–H groups in total. The van der Waals surface area contributed by atoms with Crippen LogP contribution in [0.4, 0.5) is 0 Å². The monoisotopic (exact) mass is 536 g/mol. The van der Waals surface area contributed by atoms with Crippen molar-refractivity contribution in [3.8, 4) is 0 Å². The molecule has 0 heterocycles. The van der Waals surface area contributed by atoms with Crippen molar-refractivity contribution in [1.82, 2.24) is 0 Å². The zero-order valence-corrected chi connectivity index (χ0v) is 27.2.